The highest BCUT2D eigenvalue weighted by atomic mass is 35.5. The van der Waals surface area contributed by atoms with Gasteiger partial charge < -0.3 is 24.8 Å². The van der Waals surface area contributed by atoms with E-state index in [4.69, 9.17) is 14.2 Å². The fourth-order valence-corrected chi connectivity index (χ4v) is 2.29. The number of hydrogen-bond donors (Lipinski definition) is 2. The highest BCUT2D eigenvalue weighted by Gasteiger charge is 2.18. The summed E-state index contributed by atoms with van der Waals surface area (Å²) in [5, 5.41) is 6.06. The SMILES string of the molecule is Cl.O=C(CC1CNCCO1)Nc1ccc2c(c1)OCCO2. The molecule has 2 aliphatic heterocycles. The summed E-state index contributed by atoms with van der Waals surface area (Å²) in [5.74, 6) is 1.33. The molecule has 1 aromatic carbocycles. The second-order valence-electron chi connectivity index (χ2n) is 4.81. The first-order valence-corrected chi connectivity index (χ1v) is 6.83. The van der Waals surface area contributed by atoms with Gasteiger partial charge in [-0.2, -0.15) is 0 Å². The van der Waals surface area contributed by atoms with Crippen molar-refractivity contribution in [1.82, 2.24) is 5.32 Å². The van der Waals surface area contributed by atoms with Crippen LogP contribution in [0.15, 0.2) is 18.2 Å². The number of ether oxygens (including phenoxy) is 3. The number of halogens is 1. The normalized spacial score (nSPS) is 20.3. The van der Waals surface area contributed by atoms with Gasteiger partial charge in [-0.05, 0) is 12.1 Å². The van der Waals surface area contributed by atoms with Gasteiger partial charge in [0.05, 0.1) is 19.1 Å². The van der Waals surface area contributed by atoms with Gasteiger partial charge >= 0.3 is 0 Å². The van der Waals surface area contributed by atoms with Gasteiger partial charge in [0.1, 0.15) is 13.2 Å². The Hall–Kier alpha value is -1.50. The van der Waals surface area contributed by atoms with E-state index < -0.39 is 0 Å². The first kappa shape index (κ1) is 15.9. The molecule has 0 aromatic heterocycles. The van der Waals surface area contributed by atoms with E-state index in [0.717, 1.165) is 6.54 Å². The Kier molecular flexibility index (Phi) is 5.67. The van der Waals surface area contributed by atoms with Gasteiger partial charge in [0.2, 0.25) is 5.91 Å². The summed E-state index contributed by atoms with van der Waals surface area (Å²) in [6.45, 7) is 3.31. The summed E-state index contributed by atoms with van der Waals surface area (Å²) >= 11 is 0. The lowest BCUT2D eigenvalue weighted by Gasteiger charge is -2.23. The molecule has 7 heteroatoms. The number of hydrogen-bond acceptors (Lipinski definition) is 5. The molecule has 21 heavy (non-hydrogen) atoms. The maximum absolute atomic E-state index is 12.0. The van der Waals surface area contributed by atoms with E-state index in [1.807, 2.05) is 12.1 Å². The summed E-state index contributed by atoms with van der Waals surface area (Å²) in [4.78, 5) is 12.0. The van der Waals surface area contributed by atoms with Crippen molar-refractivity contribution < 1.29 is 19.0 Å². The lowest BCUT2D eigenvalue weighted by molar-refractivity contribution is -0.119. The molecule has 0 spiro atoms. The molecule has 6 nitrogen and oxygen atoms in total. The molecule has 2 N–H and O–H groups in total. The fourth-order valence-electron chi connectivity index (χ4n) is 2.29. The number of benzene rings is 1. The van der Waals surface area contributed by atoms with Crippen LogP contribution in [0.2, 0.25) is 0 Å². The molecule has 0 radical (unpaired) electrons. The van der Waals surface area contributed by atoms with E-state index in [0.29, 0.717) is 50.0 Å². The van der Waals surface area contributed by atoms with Crippen molar-refractivity contribution in [2.45, 2.75) is 12.5 Å². The fraction of sp³-hybridized carbons (Fsp3) is 0.500. The third kappa shape index (κ3) is 4.23. The number of nitrogens with one attached hydrogen (secondary N) is 2. The zero-order valence-electron chi connectivity index (χ0n) is 11.6. The summed E-state index contributed by atoms with van der Waals surface area (Å²) in [5.41, 5.74) is 0.711. The van der Waals surface area contributed by atoms with E-state index in [1.165, 1.54) is 0 Å². The Balaban J connectivity index is 0.00000161. The second-order valence-corrected chi connectivity index (χ2v) is 4.81. The van der Waals surface area contributed by atoms with E-state index in [-0.39, 0.29) is 24.4 Å². The Morgan fingerprint density at radius 3 is 2.81 bits per heavy atom. The second kappa shape index (κ2) is 7.49. The molecular formula is C14H19ClN2O4. The maximum atomic E-state index is 12.0. The van der Waals surface area contributed by atoms with Crippen molar-refractivity contribution in [3.63, 3.8) is 0 Å². The number of carbonyl (C=O) groups is 1. The minimum atomic E-state index is -0.0598. The van der Waals surface area contributed by atoms with Crippen molar-refractivity contribution in [3.8, 4) is 11.5 Å². The number of rotatable bonds is 3. The highest BCUT2D eigenvalue weighted by molar-refractivity contribution is 5.91. The molecule has 1 unspecified atom stereocenters. The van der Waals surface area contributed by atoms with Crippen LogP contribution in [-0.2, 0) is 9.53 Å². The number of morpholine rings is 1. The van der Waals surface area contributed by atoms with Crippen LogP contribution in [0.4, 0.5) is 5.69 Å². The van der Waals surface area contributed by atoms with E-state index in [2.05, 4.69) is 10.6 Å². The van der Waals surface area contributed by atoms with E-state index in [1.54, 1.807) is 6.07 Å². The lowest BCUT2D eigenvalue weighted by atomic mass is 10.2. The Labute approximate surface area is 129 Å². The Morgan fingerprint density at radius 1 is 1.24 bits per heavy atom. The molecule has 3 rings (SSSR count). The van der Waals surface area contributed by atoms with Crippen molar-refractivity contribution in [2.24, 2.45) is 0 Å². The van der Waals surface area contributed by atoms with Crippen molar-refractivity contribution >= 4 is 24.0 Å². The van der Waals surface area contributed by atoms with E-state index >= 15 is 0 Å². The lowest BCUT2D eigenvalue weighted by Crippen LogP contribution is -2.40. The van der Waals surface area contributed by atoms with Gasteiger partial charge in [-0.1, -0.05) is 0 Å². The minimum Gasteiger partial charge on any atom is -0.486 e. The van der Waals surface area contributed by atoms with Crippen molar-refractivity contribution in [1.29, 1.82) is 0 Å². The van der Waals surface area contributed by atoms with Crippen LogP contribution in [0.25, 0.3) is 0 Å². The largest absolute Gasteiger partial charge is 0.486 e. The number of amides is 1. The summed E-state index contributed by atoms with van der Waals surface area (Å²) in [6.07, 6.45) is 0.294. The molecule has 0 aliphatic carbocycles. The molecule has 2 aliphatic rings. The number of carbonyl (C=O) groups excluding carboxylic acids is 1. The smallest absolute Gasteiger partial charge is 0.227 e. The minimum absolute atomic E-state index is 0. The molecule has 2 heterocycles. The zero-order chi connectivity index (χ0) is 13.8. The van der Waals surface area contributed by atoms with Gasteiger partial charge in [-0.3, -0.25) is 4.79 Å². The third-order valence-corrected chi connectivity index (χ3v) is 3.24. The topological polar surface area (TPSA) is 68.8 Å². The molecule has 0 bridgehead atoms. The van der Waals surface area contributed by atoms with Crippen LogP contribution >= 0.6 is 12.4 Å². The quantitative estimate of drug-likeness (QED) is 0.877. The standard InChI is InChI=1S/C14H18N2O4.ClH/c17-14(8-11-9-15-3-4-18-11)16-10-1-2-12-13(7-10)20-6-5-19-12;/h1-2,7,11,15H,3-6,8-9H2,(H,16,17);1H. The zero-order valence-corrected chi connectivity index (χ0v) is 12.4. The summed E-state index contributed by atoms with van der Waals surface area (Å²) in [6, 6.07) is 5.40. The van der Waals surface area contributed by atoms with Crippen LogP contribution in [-0.4, -0.2) is 44.9 Å². The van der Waals surface area contributed by atoms with Crippen molar-refractivity contribution in [3.05, 3.63) is 18.2 Å². The molecular weight excluding hydrogens is 296 g/mol. The first-order valence-electron chi connectivity index (χ1n) is 6.83. The average molecular weight is 315 g/mol. The molecule has 116 valence electrons. The van der Waals surface area contributed by atoms with Crippen LogP contribution in [0, 0.1) is 0 Å². The van der Waals surface area contributed by atoms with E-state index in [9.17, 15) is 4.79 Å². The van der Waals surface area contributed by atoms with Gasteiger partial charge in [0, 0.05) is 24.8 Å². The monoisotopic (exact) mass is 314 g/mol. The Morgan fingerprint density at radius 2 is 2.05 bits per heavy atom. The van der Waals surface area contributed by atoms with Gasteiger partial charge in [0.25, 0.3) is 0 Å². The molecule has 1 amide bonds. The van der Waals surface area contributed by atoms with Crippen LogP contribution in [0.1, 0.15) is 6.42 Å². The highest BCUT2D eigenvalue weighted by Crippen LogP contribution is 2.32. The summed E-state index contributed by atoms with van der Waals surface area (Å²) < 4.78 is 16.4. The van der Waals surface area contributed by atoms with Crippen LogP contribution in [0.3, 0.4) is 0 Å². The molecule has 1 fully saturated rings. The third-order valence-electron chi connectivity index (χ3n) is 3.24. The predicted molar refractivity (Wildman–Crippen MR) is 80.5 cm³/mol. The number of fused-ring (bicyclic) bond motifs is 1. The molecule has 1 atom stereocenters. The van der Waals surface area contributed by atoms with Gasteiger partial charge in [-0.25, -0.2) is 0 Å². The van der Waals surface area contributed by atoms with Crippen molar-refractivity contribution in [2.75, 3.05) is 38.2 Å². The average Bonchev–Trinajstić information content (AvgIpc) is 2.48. The van der Waals surface area contributed by atoms with Gasteiger partial charge in [0.15, 0.2) is 11.5 Å². The molecule has 1 saturated heterocycles. The maximum Gasteiger partial charge on any atom is 0.227 e. The number of anilines is 1. The van der Waals surface area contributed by atoms with Crippen LogP contribution < -0.4 is 20.1 Å². The predicted octanol–water partition coefficient (Wildman–Crippen LogP) is 1.20. The van der Waals surface area contributed by atoms with Crippen LogP contribution in [0.5, 0.6) is 11.5 Å². The Bertz CT molecular complexity index is 492. The first-order chi connectivity index (χ1) is 9.81. The molecule has 1 aromatic rings. The summed E-state index contributed by atoms with van der Waals surface area (Å²) in [7, 11) is 0. The van der Waals surface area contributed by atoms with Gasteiger partial charge in [-0.15, -0.1) is 12.4 Å². The molecule has 0 saturated carbocycles.